The molecule has 0 atom stereocenters. The van der Waals surface area contributed by atoms with Crippen LogP contribution in [0.4, 0.5) is 11.4 Å². The molecule has 0 N–H and O–H groups in total. The van der Waals surface area contributed by atoms with Gasteiger partial charge in [-0.25, -0.2) is 19.2 Å². The summed E-state index contributed by atoms with van der Waals surface area (Å²) in [6, 6.07) is 19.1. The standard InChI is InChI=1S/C31H36N4O8/c1-40-28(36)24-18-34(22-12-7-5-8-13-22)20-32(26(24)30(38)42-3)16-11-17-33-21-35(23-14-9-6-10-15-23)19-25(29(37)41-2)27(33)31(39)43-4/h5-10,12-15H,11,16-21H2,1-4H3. The van der Waals surface area contributed by atoms with Crippen LogP contribution in [0.1, 0.15) is 6.42 Å². The highest BCUT2D eigenvalue weighted by molar-refractivity contribution is 6.02. The Morgan fingerprint density at radius 3 is 1.23 bits per heavy atom. The summed E-state index contributed by atoms with van der Waals surface area (Å²) in [5.74, 6) is -2.55. The lowest BCUT2D eigenvalue weighted by molar-refractivity contribution is -0.141. The fourth-order valence-corrected chi connectivity index (χ4v) is 5.27. The molecule has 4 rings (SSSR count). The molecule has 0 unspecified atom stereocenters. The van der Waals surface area contributed by atoms with Crippen molar-refractivity contribution in [2.24, 2.45) is 0 Å². The van der Waals surface area contributed by atoms with Gasteiger partial charge in [0.15, 0.2) is 0 Å². The van der Waals surface area contributed by atoms with Crippen molar-refractivity contribution in [3.8, 4) is 0 Å². The molecule has 0 aromatic heterocycles. The zero-order valence-corrected chi connectivity index (χ0v) is 24.8. The average molecular weight is 593 g/mol. The van der Waals surface area contributed by atoms with Crippen molar-refractivity contribution < 1.29 is 38.1 Å². The largest absolute Gasteiger partial charge is 0.466 e. The molecule has 2 heterocycles. The van der Waals surface area contributed by atoms with E-state index in [0.29, 0.717) is 32.8 Å². The van der Waals surface area contributed by atoms with Crippen molar-refractivity contribution in [3.05, 3.63) is 83.2 Å². The molecule has 228 valence electrons. The Morgan fingerprint density at radius 2 is 0.907 bits per heavy atom. The predicted octanol–water partition coefficient (Wildman–Crippen LogP) is 2.14. The van der Waals surface area contributed by atoms with Gasteiger partial charge < -0.3 is 38.5 Å². The van der Waals surface area contributed by atoms with Gasteiger partial charge >= 0.3 is 23.9 Å². The zero-order valence-electron chi connectivity index (χ0n) is 24.8. The molecule has 0 saturated heterocycles. The van der Waals surface area contributed by atoms with Crippen LogP contribution in [0.15, 0.2) is 83.2 Å². The lowest BCUT2D eigenvalue weighted by Crippen LogP contribution is -2.50. The highest BCUT2D eigenvalue weighted by Crippen LogP contribution is 2.28. The van der Waals surface area contributed by atoms with E-state index < -0.39 is 23.9 Å². The van der Waals surface area contributed by atoms with Crippen molar-refractivity contribution >= 4 is 35.3 Å². The van der Waals surface area contributed by atoms with Crippen LogP contribution in [0.3, 0.4) is 0 Å². The molecule has 2 aromatic rings. The van der Waals surface area contributed by atoms with Crippen molar-refractivity contribution in [1.82, 2.24) is 9.80 Å². The quantitative estimate of drug-likeness (QED) is 0.297. The number of nitrogens with zero attached hydrogens (tertiary/aromatic N) is 4. The van der Waals surface area contributed by atoms with E-state index in [1.165, 1.54) is 28.4 Å². The number of para-hydroxylation sites is 2. The number of esters is 4. The lowest BCUT2D eigenvalue weighted by Gasteiger charge is -2.41. The van der Waals surface area contributed by atoms with Crippen LogP contribution in [0, 0.1) is 0 Å². The average Bonchev–Trinajstić information content (AvgIpc) is 3.06. The number of hydrogen-bond donors (Lipinski definition) is 0. The van der Waals surface area contributed by atoms with Gasteiger partial charge in [0, 0.05) is 24.5 Å². The summed E-state index contributed by atoms with van der Waals surface area (Å²) >= 11 is 0. The van der Waals surface area contributed by atoms with E-state index in [1.807, 2.05) is 70.5 Å². The number of ether oxygens (including phenoxy) is 4. The van der Waals surface area contributed by atoms with E-state index in [1.54, 1.807) is 9.80 Å². The molecule has 12 heteroatoms. The van der Waals surface area contributed by atoms with Crippen LogP contribution in [0.25, 0.3) is 0 Å². The zero-order chi connectivity index (χ0) is 30.9. The van der Waals surface area contributed by atoms with Gasteiger partial charge in [0.25, 0.3) is 0 Å². The van der Waals surface area contributed by atoms with Crippen molar-refractivity contribution in [3.63, 3.8) is 0 Å². The van der Waals surface area contributed by atoms with Crippen LogP contribution in [-0.2, 0) is 38.1 Å². The Bertz CT molecular complexity index is 1290. The van der Waals surface area contributed by atoms with Crippen LogP contribution in [-0.4, -0.2) is 102 Å². The molecular weight excluding hydrogens is 556 g/mol. The second-order valence-corrected chi connectivity index (χ2v) is 9.85. The molecule has 0 radical (unpaired) electrons. The summed E-state index contributed by atoms with van der Waals surface area (Å²) in [5.41, 5.74) is 2.36. The first kappa shape index (κ1) is 30.9. The van der Waals surface area contributed by atoms with Gasteiger partial charge in [-0.3, -0.25) is 0 Å². The summed E-state index contributed by atoms with van der Waals surface area (Å²) < 4.78 is 20.2. The summed E-state index contributed by atoms with van der Waals surface area (Å²) in [6.45, 7) is 1.56. The maximum atomic E-state index is 13.0. The Balaban J connectivity index is 1.65. The highest BCUT2D eigenvalue weighted by Gasteiger charge is 2.36. The lowest BCUT2D eigenvalue weighted by atomic mass is 10.1. The van der Waals surface area contributed by atoms with Gasteiger partial charge in [-0.05, 0) is 30.7 Å². The molecule has 2 aromatic carbocycles. The van der Waals surface area contributed by atoms with Crippen LogP contribution < -0.4 is 9.80 Å². The minimum absolute atomic E-state index is 0.130. The van der Waals surface area contributed by atoms with Gasteiger partial charge in [0.05, 0.1) is 66.0 Å². The number of hydrogen-bond acceptors (Lipinski definition) is 12. The maximum Gasteiger partial charge on any atom is 0.355 e. The van der Waals surface area contributed by atoms with Crippen molar-refractivity contribution in [2.45, 2.75) is 6.42 Å². The molecule has 0 amide bonds. The first-order chi connectivity index (χ1) is 20.8. The first-order valence-corrected chi connectivity index (χ1v) is 13.7. The third-order valence-electron chi connectivity index (χ3n) is 7.30. The maximum absolute atomic E-state index is 13.0. The highest BCUT2D eigenvalue weighted by atomic mass is 16.5. The summed E-state index contributed by atoms with van der Waals surface area (Å²) in [7, 11) is 5.06. The Morgan fingerprint density at radius 1 is 0.558 bits per heavy atom. The number of anilines is 2. The fourth-order valence-electron chi connectivity index (χ4n) is 5.27. The molecule has 0 saturated carbocycles. The second kappa shape index (κ2) is 14.3. The molecule has 2 aliphatic rings. The minimum Gasteiger partial charge on any atom is -0.466 e. The van der Waals surface area contributed by atoms with Crippen molar-refractivity contribution in [2.75, 3.05) is 77.8 Å². The molecule has 0 bridgehead atoms. The Kier molecular flexibility index (Phi) is 10.3. The van der Waals surface area contributed by atoms with Crippen LogP contribution in [0.5, 0.6) is 0 Å². The number of carbonyl (C=O) groups excluding carboxylic acids is 4. The molecule has 0 fully saturated rings. The SMILES string of the molecule is COC(=O)C1=C(C(=O)OC)N(CCCN2CN(c3ccccc3)CC(C(=O)OC)=C2C(=O)OC)CN(c2ccccc2)C1. The van der Waals surface area contributed by atoms with E-state index in [2.05, 4.69) is 0 Å². The van der Waals surface area contributed by atoms with Crippen molar-refractivity contribution in [1.29, 1.82) is 0 Å². The minimum atomic E-state index is -0.649. The third-order valence-corrected chi connectivity index (χ3v) is 7.30. The number of carbonyl (C=O) groups is 4. The van der Waals surface area contributed by atoms with Gasteiger partial charge in [0.1, 0.15) is 11.4 Å². The second-order valence-electron chi connectivity index (χ2n) is 9.85. The van der Waals surface area contributed by atoms with Gasteiger partial charge in [-0.1, -0.05) is 36.4 Å². The third kappa shape index (κ3) is 6.91. The van der Waals surface area contributed by atoms with Crippen LogP contribution in [0.2, 0.25) is 0 Å². The Hall–Kier alpha value is -5.00. The predicted molar refractivity (Wildman–Crippen MR) is 157 cm³/mol. The molecule has 12 nitrogen and oxygen atoms in total. The number of rotatable bonds is 10. The van der Waals surface area contributed by atoms with E-state index in [4.69, 9.17) is 18.9 Å². The molecule has 2 aliphatic heterocycles. The smallest absolute Gasteiger partial charge is 0.355 e. The van der Waals surface area contributed by atoms with E-state index in [9.17, 15) is 19.2 Å². The fraction of sp³-hybridized carbons (Fsp3) is 0.355. The first-order valence-electron chi connectivity index (χ1n) is 13.7. The van der Waals surface area contributed by atoms with Gasteiger partial charge in [0.2, 0.25) is 0 Å². The monoisotopic (exact) mass is 592 g/mol. The normalized spacial score (nSPS) is 15.3. The molecule has 0 aliphatic carbocycles. The van der Waals surface area contributed by atoms with Gasteiger partial charge in [-0.2, -0.15) is 0 Å². The Labute approximate surface area is 250 Å². The molecular formula is C31H36N4O8. The van der Waals surface area contributed by atoms with Crippen LogP contribution >= 0.6 is 0 Å². The molecule has 0 spiro atoms. The van der Waals surface area contributed by atoms with E-state index in [-0.39, 0.29) is 35.6 Å². The number of methoxy groups -OCH3 is 4. The molecule has 43 heavy (non-hydrogen) atoms. The summed E-state index contributed by atoms with van der Waals surface area (Å²) in [5, 5.41) is 0. The van der Waals surface area contributed by atoms with Gasteiger partial charge in [-0.15, -0.1) is 0 Å². The number of benzene rings is 2. The van der Waals surface area contributed by atoms with E-state index in [0.717, 1.165) is 11.4 Å². The topological polar surface area (TPSA) is 118 Å². The summed E-state index contributed by atoms with van der Waals surface area (Å²) in [4.78, 5) is 59.1. The van der Waals surface area contributed by atoms with E-state index >= 15 is 0 Å². The summed E-state index contributed by atoms with van der Waals surface area (Å²) in [6.07, 6.45) is 0.440.